The Kier molecular flexibility index (Phi) is 16.2. The Balaban J connectivity index is 1.16. The van der Waals surface area contributed by atoms with E-state index >= 15 is 0 Å². The summed E-state index contributed by atoms with van der Waals surface area (Å²) in [6.07, 6.45) is 13.2. The number of benzene rings is 2. The van der Waals surface area contributed by atoms with E-state index < -0.39 is 0 Å². The highest BCUT2D eigenvalue weighted by atomic mass is 16.5. The van der Waals surface area contributed by atoms with E-state index in [-0.39, 0.29) is 10.8 Å². The van der Waals surface area contributed by atoms with Gasteiger partial charge < -0.3 is 9.47 Å². The van der Waals surface area contributed by atoms with Crippen LogP contribution in [0.25, 0.3) is 0 Å². The average Bonchev–Trinajstić information content (AvgIpc) is 3.10. The fourth-order valence-electron chi connectivity index (χ4n) is 6.52. The van der Waals surface area contributed by atoms with Crippen LogP contribution >= 0.6 is 0 Å². The van der Waals surface area contributed by atoms with Gasteiger partial charge in [-0.15, -0.1) is 0 Å². The molecule has 6 nitrogen and oxygen atoms in total. The molecule has 0 amide bonds. The van der Waals surface area contributed by atoms with Crippen molar-refractivity contribution in [3.8, 4) is 11.5 Å². The highest BCUT2D eigenvalue weighted by molar-refractivity contribution is 5.34. The number of unbranched alkanes of at least 4 members (excludes halogenated alkanes) is 3. The number of aromatic nitrogens is 2. The van der Waals surface area contributed by atoms with E-state index in [4.69, 9.17) is 9.47 Å². The summed E-state index contributed by atoms with van der Waals surface area (Å²) in [5.41, 5.74) is 5.73. The first-order valence-electron chi connectivity index (χ1n) is 19.7. The second kappa shape index (κ2) is 20.5. The molecular weight excluding hydrogens is 641 g/mol. The highest BCUT2D eigenvalue weighted by Crippen LogP contribution is 2.23. The molecule has 0 unspecified atom stereocenters. The van der Waals surface area contributed by atoms with Gasteiger partial charge in [0, 0.05) is 72.4 Å². The topological polar surface area (TPSA) is 32.7 Å². The fourth-order valence-corrected chi connectivity index (χ4v) is 6.52. The molecule has 0 atom stereocenters. The van der Waals surface area contributed by atoms with Crippen LogP contribution in [0.3, 0.4) is 0 Å². The van der Waals surface area contributed by atoms with Gasteiger partial charge in [-0.2, -0.15) is 0 Å². The molecule has 4 aromatic rings. The van der Waals surface area contributed by atoms with Crippen LogP contribution in [-0.4, -0.2) is 36.1 Å². The second-order valence-electron chi connectivity index (χ2n) is 16.8. The molecule has 52 heavy (non-hydrogen) atoms. The third kappa shape index (κ3) is 15.1. The van der Waals surface area contributed by atoms with Gasteiger partial charge in [0.1, 0.15) is 11.5 Å². The largest absolute Gasteiger partial charge is 0.493 e. The van der Waals surface area contributed by atoms with Gasteiger partial charge in [0.25, 0.3) is 0 Å². The van der Waals surface area contributed by atoms with Crippen molar-refractivity contribution < 1.29 is 18.6 Å². The molecule has 0 bridgehead atoms. The zero-order valence-electron chi connectivity index (χ0n) is 33.7. The summed E-state index contributed by atoms with van der Waals surface area (Å²) in [7, 11) is 0. The maximum Gasteiger partial charge on any atom is 0.169 e. The first-order chi connectivity index (χ1) is 24.9. The molecular formula is C46H68N4O2+2. The summed E-state index contributed by atoms with van der Waals surface area (Å²) >= 11 is 0. The van der Waals surface area contributed by atoms with Gasteiger partial charge in [0.2, 0.25) is 0 Å². The molecule has 4 rings (SSSR count). The molecule has 2 aromatic heterocycles. The van der Waals surface area contributed by atoms with Crippen LogP contribution in [0.5, 0.6) is 11.5 Å². The maximum atomic E-state index is 6.33. The number of ether oxygens (including phenoxy) is 2. The van der Waals surface area contributed by atoms with E-state index in [1.165, 1.54) is 22.3 Å². The molecule has 0 saturated heterocycles. The summed E-state index contributed by atoms with van der Waals surface area (Å²) < 4.78 is 17.2. The van der Waals surface area contributed by atoms with Crippen molar-refractivity contribution in [1.82, 2.24) is 9.80 Å². The number of pyridine rings is 2. The minimum absolute atomic E-state index is 0.268. The molecule has 0 saturated carbocycles. The highest BCUT2D eigenvalue weighted by Gasteiger charge is 2.18. The van der Waals surface area contributed by atoms with Crippen molar-refractivity contribution in [3.05, 3.63) is 120 Å². The molecule has 0 spiro atoms. The molecule has 282 valence electrons. The van der Waals surface area contributed by atoms with E-state index in [9.17, 15) is 0 Å². The van der Waals surface area contributed by atoms with Crippen molar-refractivity contribution in [2.45, 2.75) is 120 Å². The zero-order valence-corrected chi connectivity index (χ0v) is 33.7. The number of hydrogen-bond acceptors (Lipinski definition) is 4. The monoisotopic (exact) mass is 709 g/mol. The van der Waals surface area contributed by atoms with Crippen molar-refractivity contribution in [2.24, 2.45) is 10.8 Å². The second-order valence-corrected chi connectivity index (χ2v) is 16.8. The summed E-state index contributed by atoms with van der Waals surface area (Å²) in [4.78, 5) is 4.96. The Bertz CT molecular complexity index is 1470. The van der Waals surface area contributed by atoms with Gasteiger partial charge >= 0.3 is 0 Å². The lowest BCUT2D eigenvalue weighted by Crippen LogP contribution is -2.39. The van der Waals surface area contributed by atoms with Crippen LogP contribution in [-0.2, 0) is 39.3 Å². The number of rotatable bonds is 21. The number of para-hydroxylation sites is 2. The summed E-state index contributed by atoms with van der Waals surface area (Å²) in [5, 5.41) is 0. The zero-order chi connectivity index (χ0) is 37.4. The van der Waals surface area contributed by atoms with Gasteiger partial charge in [-0.1, -0.05) is 91.8 Å². The van der Waals surface area contributed by atoms with Gasteiger partial charge in [-0.25, -0.2) is 9.13 Å². The lowest BCUT2D eigenvalue weighted by Gasteiger charge is -2.22. The third-order valence-corrected chi connectivity index (χ3v) is 9.23. The van der Waals surface area contributed by atoms with Crippen LogP contribution in [0.15, 0.2) is 97.6 Å². The average molecular weight is 709 g/mol. The smallest absolute Gasteiger partial charge is 0.169 e. The van der Waals surface area contributed by atoms with Crippen molar-refractivity contribution in [2.75, 3.05) is 26.3 Å². The molecule has 0 aliphatic carbocycles. The first-order valence-corrected chi connectivity index (χ1v) is 19.7. The molecule has 0 aliphatic rings. The van der Waals surface area contributed by atoms with Gasteiger partial charge in [-0.3, -0.25) is 9.80 Å². The van der Waals surface area contributed by atoms with Crippen LogP contribution < -0.4 is 18.6 Å². The van der Waals surface area contributed by atoms with Gasteiger partial charge in [0.05, 0.1) is 13.2 Å². The summed E-state index contributed by atoms with van der Waals surface area (Å²) in [6, 6.07) is 26.1. The fraction of sp³-hybridized carbons (Fsp3) is 0.522. The summed E-state index contributed by atoms with van der Waals surface area (Å²) in [6.45, 7) is 27.2. The molecule has 2 heterocycles. The molecule has 0 aliphatic heterocycles. The van der Waals surface area contributed by atoms with E-state index in [0.717, 1.165) is 103 Å². The molecule has 6 heteroatoms. The van der Waals surface area contributed by atoms with Crippen molar-refractivity contribution in [3.63, 3.8) is 0 Å². The van der Waals surface area contributed by atoms with E-state index in [1.807, 2.05) is 0 Å². The Labute approximate surface area is 316 Å². The standard InChI is InChI=1S/C46H68N4O2/c1-9-47(33-39-23-27-49(28-24-39)37-45(3,4)5)35-41-19-13-15-21-43(41)51-31-17-11-12-18-32-52-44-22-16-14-20-42(44)36-48(10-2)34-40-25-29-50(30-26-40)38-46(6,7)8/h13-16,19-30H,9-12,17-18,31-38H2,1-8H3/q+2. The van der Waals surface area contributed by atoms with Crippen molar-refractivity contribution >= 4 is 0 Å². The van der Waals surface area contributed by atoms with Crippen molar-refractivity contribution in [1.29, 1.82) is 0 Å². The van der Waals surface area contributed by atoms with Crippen LogP contribution in [0, 0.1) is 10.8 Å². The quantitative estimate of drug-likeness (QED) is 0.0638. The normalized spacial score (nSPS) is 12.1. The number of nitrogens with zero attached hydrogens (tertiary/aromatic N) is 4. The van der Waals surface area contributed by atoms with E-state index in [0.29, 0.717) is 0 Å². The first kappa shape index (κ1) is 41.0. The van der Waals surface area contributed by atoms with Gasteiger partial charge in [-0.05, 0) is 62.0 Å². The predicted molar refractivity (Wildman–Crippen MR) is 214 cm³/mol. The molecule has 0 radical (unpaired) electrons. The van der Waals surface area contributed by atoms with Crippen LogP contribution in [0.2, 0.25) is 0 Å². The van der Waals surface area contributed by atoms with E-state index in [2.05, 4.69) is 172 Å². The van der Waals surface area contributed by atoms with Crippen LogP contribution in [0.4, 0.5) is 0 Å². The van der Waals surface area contributed by atoms with E-state index in [1.54, 1.807) is 0 Å². The Morgan fingerprint density at radius 2 is 0.846 bits per heavy atom. The SMILES string of the molecule is CCN(Cc1cc[n+](CC(C)(C)C)cc1)Cc1ccccc1OCCCCCCOc1ccccc1CN(CC)Cc1cc[n+](CC(C)(C)C)cc1. The maximum absolute atomic E-state index is 6.33. The molecule has 2 aromatic carbocycles. The predicted octanol–water partition coefficient (Wildman–Crippen LogP) is 9.42. The Morgan fingerprint density at radius 3 is 1.19 bits per heavy atom. The Hall–Kier alpha value is -3.74. The molecule has 0 fully saturated rings. The lowest BCUT2D eigenvalue weighted by atomic mass is 9.97. The summed E-state index contributed by atoms with van der Waals surface area (Å²) in [5.74, 6) is 2.02. The minimum atomic E-state index is 0.268. The number of hydrogen-bond donors (Lipinski definition) is 0. The minimum Gasteiger partial charge on any atom is -0.493 e. The lowest BCUT2D eigenvalue weighted by molar-refractivity contribution is -0.708. The third-order valence-electron chi connectivity index (χ3n) is 9.23. The molecule has 0 N–H and O–H groups in total. The van der Waals surface area contributed by atoms with Gasteiger partial charge in [0.15, 0.2) is 37.9 Å². The van der Waals surface area contributed by atoms with Crippen LogP contribution in [0.1, 0.15) is 103 Å². The Morgan fingerprint density at radius 1 is 0.481 bits per heavy atom.